The maximum Gasteiger partial charge on any atom is 0.222 e. The molecule has 1 amide bonds. The molecule has 2 aliphatic heterocycles. The molecule has 0 atom stereocenters. The summed E-state index contributed by atoms with van der Waals surface area (Å²) in [5.41, 5.74) is 3.08. The Morgan fingerprint density at radius 1 is 1.21 bits per heavy atom. The van der Waals surface area contributed by atoms with Crippen LogP contribution in [0.3, 0.4) is 0 Å². The van der Waals surface area contributed by atoms with Gasteiger partial charge in [0, 0.05) is 33.2 Å². The number of piperidine rings is 2. The molecule has 24 heavy (non-hydrogen) atoms. The molecule has 4 heteroatoms. The minimum absolute atomic E-state index is 0.305. The minimum atomic E-state index is 0.305. The highest BCUT2D eigenvalue weighted by Crippen LogP contribution is 2.40. The van der Waals surface area contributed by atoms with E-state index in [4.69, 9.17) is 4.74 Å². The number of methoxy groups -OCH3 is 1. The fraction of sp³-hybridized carbons (Fsp3) is 0.650. The zero-order chi connectivity index (χ0) is 17.0. The Bertz CT molecular complexity index is 565. The number of hydrogen-bond donors (Lipinski definition) is 0. The molecule has 1 aromatic rings. The predicted octanol–water partition coefficient (Wildman–Crippen LogP) is 2.85. The second-order valence-electron chi connectivity index (χ2n) is 7.57. The first-order chi connectivity index (χ1) is 11.6. The SMILES string of the molecule is COCCN1CC2(CCC1=O)CCN(Cc1cccc(C)c1)CC2. The number of hydrogen-bond acceptors (Lipinski definition) is 3. The van der Waals surface area contributed by atoms with E-state index < -0.39 is 0 Å². The van der Waals surface area contributed by atoms with Crippen molar-refractivity contribution in [2.24, 2.45) is 5.41 Å². The molecule has 2 saturated heterocycles. The Kier molecular flexibility index (Phi) is 5.57. The summed E-state index contributed by atoms with van der Waals surface area (Å²) in [5, 5.41) is 0. The quantitative estimate of drug-likeness (QED) is 0.832. The van der Waals surface area contributed by atoms with Crippen molar-refractivity contribution >= 4 is 5.91 Å². The topological polar surface area (TPSA) is 32.8 Å². The van der Waals surface area contributed by atoms with Crippen LogP contribution in [0.4, 0.5) is 0 Å². The largest absolute Gasteiger partial charge is 0.383 e. The molecule has 0 bridgehead atoms. The fourth-order valence-corrected chi connectivity index (χ4v) is 4.17. The predicted molar refractivity (Wildman–Crippen MR) is 95.8 cm³/mol. The first-order valence-corrected chi connectivity index (χ1v) is 9.15. The van der Waals surface area contributed by atoms with Crippen LogP contribution in [0.25, 0.3) is 0 Å². The van der Waals surface area contributed by atoms with Gasteiger partial charge in [-0.1, -0.05) is 29.8 Å². The lowest BCUT2D eigenvalue weighted by Crippen LogP contribution is -2.52. The van der Waals surface area contributed by atoms with Gasteiger partial charge in [0.05, 0.1) is 6.61 Å². The van der Waals surface area contributed by atoms with Gasteiger partial charge in [0.1, 0.15) is 0 Å². The average Bonchev–Trinajstić information content (AvgIpc) is 2.58. The van der Waals surface area contributed by atoms with E-state index in [1.165, 1.54) is 24.0 Å². The van der Waals surface area contributed by atoms with E-state index in [9.17, 15) is 4.79 Å². The Labute approximate surface area is 145 Å². The van der Waals surface area contributed by atoms with Crippen LogP contribution >= 0.6 is 0 Å². The van der Waals surface area contributed by atoms with Gasteiger partial charge >= 0.3 is 0 Å². The van der Waals surface area contributed by atoms with E-state index in [1.807, 2.05) is 4.90 Å². The molecule has 0 radical (unpaired) electrons. The van der Waals surface area contributed by atoms with Crippen LogP contribution in [-0.4, -0.2) is 55.6 Å². The van der Waals surface area contributed by atoms with E-state index in [1.54, 1.807) is 7.11 Å². The molecular formula is C20H30N2O2. The normalized spacial score (nSPS) is 21.4. The summed E-state index contributed by atoms with van der Waals surface area (Å²) in [6.45, 7) is 7.78. The minimum Gasteiger partial charge on any atom is -0.383 e. The van der Waals surface area contributed by atoms with E-state index in [2.05, 4.69) is 36.1 Å². The Hall–Kier alpha value is -1.39. The number of benzene rings is 1. The van der Waals surface area contributed by atoms with Gasteiger partial charge in [-0.3, -0.25) is 9.69 Å². The first kappa shape index (κ1) is 17.4. The summed E-state index contributed by atoms with van der Waals surface area (Å²) < 4.78 is 5.16. The third-order valence-corrected chi connectivity index (χ3v) is 5.72. The Morgan fingerprint density at radius 3 is 2.71 bits per heavy atom. The first-order valence-electron chi connectivity index (χ1n) is 9.15. The Balaban J connectivity index is 1.54. The number of carbonyl (C=O) groups is 1. The highest BCUT2D eigenvalue weighted by molar-refractivity contribution is 5.77. The van der Waals surface area contributed by atoms with Crippen molar-refractivity contribution in [3.8, 4) is 0 Å². The number of rotatable bonds is 5. The van der Waals surface area contributed by atoms with Crippen LogP contribution in [-0.2, 0) is 16.1 Å². The molecule has 0 N–H and O–H groups in total. The molecule has 0 saturated carbocycles. The molecule has 4 nitrogen and oxygen atoms in total. The summed E-state index contributed by atoms with van der Waals surface area (Å²) in [7, 11) is 1.70. The van der Waals surface area contributed by atoms with Gasteiger partial charge in [0.25, 0.3) is 0 Å². The second kappa shape index (κ2) is 7.66. The molecule has 0 aromatic heterocycles. The summed E-state index contributed by atoms with van der Waals surface area (Å²) in [5.74, 6) is 0.305. The molecule has 2 aliphatic rings. The van der Waals surface area contributed by atoms with Crippen LogP contribution in [0.2, 0.25) is 0 Å². The molecule has 0 unspecified atom stereocenters. The molecule has 2 fully saturated rings. The third-order valence-electron chi connectivity index (χ3n) is 5.72. The summed E-state index contributed by atoms with van der Waals surface area (Å²) in [4.78, 5) is 16.7. The van der Waals surface area contributed by atoms with E-state index in [0.29, 0.717) is 24.3 Å². The average molecular weight is 330 g/mol. The van der Waals surface area contributed by atoms with Crippen LogP contribution < -0.4 is 0 Å². The van der Waals surface area contributed by atoms with E-state index in [0.717, 1.165) is 39.1 Å². The number of carbonyl (C=O) groups excluding carboxylic acids is 1. The van der Waals surface area contributed by atoms with E-state index in [-0.39, 0.29) is 0 Å². The highest BCUT2D eigenvalue weighted by Gasteiger charge is 2.40. The number of ether oxygens (including phenoxy) is 1. The van der Waals surface area contributed by atoms with Gasteiger partial charge in [-0.2, -0.15) is 0 Å². The molecule has 132 valence electrons. The lowest BCUT2D eigenvalue weighted by Gasteiger charge is -2.47. The Morgan fingerprint density at radius 2 is 2.00 bits per heavy atom. The maximum atomic E-state index is 12.1. The molecule has 1 spiro atoms. The smallest absolute Gasteiger partial charge is 0.222 e. The molecule has 2 heterocycles. The van der Waals surface area contributed by atoms with E-state index >= 15 is 0 Å². The molecular weight excluding hydrogens is 300 g/mol. The van der Waals surface area contributed by atoms with Crippen molar-refractivity contribution in [2.75, 3.05) is 39.9 Å². The molecule has 3 rings (SSSR count). The zero-order valence-electron chi connectivity index (χ0n) is 15.1. The maximum absolute atomic E-state index is 12.1. The van der Waals surface area contributed by atoms with Crippen molar-refractivity contribution < 1.29 is 9.53 Å². The molecule has 0 aliphatic carbocycles. The van der Waals surface area contributed by atoms with Crippen molar-refractivity contribution in [3.63, 3.8) is 0 Å². The standard InChI is InChI=1S/C20H30N2O2/c1-17-4-3-5-18(14-17)15-21-10-8-20(9-11-21)7-6-19(23)22(16-20)12-13-24-2/h3-5,14H,6-13,15-16H2,1-2H3. The number of aryl methyl sites for hydroxylation is 1. The van der Waals surface area contributed by atoms with Crippen LogP contribution in [0.15, 0.2) is 24.3 Å². The number of likely N-dealkylation sites (tertiary alicyclic amines) is 2. The van der Waals surface area contributed by atoms with Gasteiger partial charge in [-0.05, 0) is 50.3 Å². The lowest BCUT2D eigenvalue weighted by atomic mass is 9.72. The fourth-order valence-electron chi connectivity index (χ4n) is 4.17. The van der Waals surface area contributed by atoms with Crippen LogP contribution in [0.1, 0.15) is 36.8 Å². The second-order valence-corrected chi connectivity index (χ2v) is 7.57. The third kappa shape index (κ3) is 4.17. The van der Waals surface area contributed by atoms with Crippen LogP contribution in [0, 0.1) is 12.3 Å². The number of nitrogens with zero attached hydrogens (tertiary/aromatic N) is 2. The van der Waals surface area contributed by atoms with Gasteiger partial charge in [-0.25, -0.2) is 0 Å². The van der Waals surface area contributed by atoms with Gasteiger partial charge in [0.2, 0.25) is 5.91 Å². The zero-order valence-corrected chi connectivity index (χ0v) is 15.1. The van der Waals surface area contributed by atoms with Crippen molar-refractivity contribution in [3.05, 3.63) is 35.4 Å². The summed E-state index contributed by atoms with van der Waals surface area (Å²) in [6.07, 6.45) is 4.18. The lowest BCUT2D eigenvalue weighted by molar-refractivity contribution is -0.139. The monoisotopic (exact) mass is 330 g/mol. The molecule has 1 aromatic carbocycles. The number of amides is 1. The van der Waals surface area contributed by atoms with Crippen molar-refractivity contribution in [2.45, 2.75) is 39.2 Å². The highest BCUT2D eigenvalue weighted by atomic mass is 16.5. The van der Waals surface area contributed by atoms with Gasteiger partial charge in [-0.15, -0.1) is 0 Å². The van der Waals surface area contributed by atoms with Gasteiger partial charge < -0.3 is 9.64 Å². The summed E-state index contributed by atoms with van der Waals surface area (Å²) >= 11 is 0. The van der Waals surface area contributed by atoms with Crippen molar-refractivity contribution in [1.29, 1.82) is 0 Å². The summed E-state index contributed by atoms with van der Waals surface area (Å²) in [6, 6.07) is 8.82. The van der Waals surface area contributed by atoms with Crippen LogP contribution in [0.5, 0.6) is 0 Å². The van der Waals surface area contributed by atoms with Crippen molar-refractivity contribution in [1.82, 2.24) is 9.80 Å². The van der Waals surface area contributed by atoms with Gasteiger partial charge in [0.15, 0.2) is 0 Å².